The van der Waals surface area contributed by atoms with Gasteiger partial charge in [0.05, 0.1) is 6.07 Å². The van der Waals surface area contributed by atoms with Crippen LogP contribution in [-0.4, -0.2) is 23.4 Å². The number of amides is 1. The molecule has 0 aromatic heterocycles. The summed E-state index contributed by atoms with van der Waals surface area (Å²) in [4.78, 5) is 13.3. The summed E-state index contributed by atoms with van der Waals surface area (Å²) >= 11 is 0. The van der Waals surface area contributed by atoms with Crippen LogP contribution in [0.25, 0.3) is 0 Å². The third-order valence-corrected chi connectivity index (χ3v) is 2.29. The monoisotopic (exact) mass is 180 g/mol. The average molecular weight is 180 g/mol. The number of carbonyl (C=O) groups excluding carboxylic acids is 1. The maximum atomic E-state index is 11.4. The van der Waals surface area contributed by atoms with Gasteiger partial charge in [0, 0.05) is 12.6 Å². The summed E-state index contributed by atoms with van der Waals surface area (Å²) in [6.07, 6.45) is 4.44. The number of nitriles is 1. The molecule has 0 aromatic carbocycles. The van der Waals surface area contributed by atoms with E-state index in [1.54, 1.807) is 0 Å². The average Bonchev–Trinajstić information content (AvgIpc) is 2.89. The van der Waals surface area contributed by atoms with Crippen molar-refractivity contribution in [3.8, 4) is 6.07 Å². The first-order valence-corrected chi connectivity index (χ1v) is 4.96. The molecule has 1 rings (SSSR count). The summed E-state index contributed by atoms with van der Waals surface area (Å²) in [7, 11) is 0. The van der Waals surface area contributed by atoms with E-state index in [9.17, 15) is 4.79 Å². The minimum atomic E-state index is 0.0125. The molecule has 1 fully saturated rings. The zero-order valence-corrected chi connectivity index (χ0v) is 8.12. The van der Waals surface area contributed by atoms with Crippen molar-refractivity contribution in [2.45, 2.75) is 45.1 Å². The molecule has 1 saturated carbocycles. The predicted molar refractivity (Wildman–Crippen MR) is 49.9 cm³/mol. The largest absolute Gasteiger partial charge is 0.339 e. The Morgan fingerprint density at radius 1 is 1.62 bits per heavy atom. The van der Waals surface area contributed by atoms with Crippen molar-refractivity contribution >= 4 is 5.91 Å². The number of unbranched alkanes of at least 4 members (excludes halogenated alkanes) is 1. The van der Waals surface area contributed by atoms with Crippen LogP contribution in [-0.2, 0) is 4.79 Å². The van der Waals surface area contributed by atoms with Crippen molar-refractivity contribution < 1.29 is 4.79 Å². The van der Waals surface area contributed by atoms with Crippen molar-refractivity contribution in [3.05, 3.63) is 0 Å². The molecule has 0 unspecified atom stereocenters. The lowest BCUT2D eigenvalue weighted by molar-refractivity contribution is -0.130. The van der Waals surface area contributed by atoms with Crippen molar-refractivity contribution in [1.82, 2.24) is 4.90 Å². The molecule has 1 aliphatic carbocycles. The van der Waals surface area contributed by atoms with Gasteiger partial charge in [-0.25, -0.2) is 0 Å². The van der Waals surface area contributed by atoms with Gasteiger partial charge in [0.15, 0.2) is 0 Å². The maximum Gasteiger partial charge on any atom is 0.237 e. The van der Waals surface area contributed by atoms with Crippen LogP contribution in [0.15, 0.2) is 0 Å². The fourth-order valence-electron chi connectivity index (χ4n) is 1.39. The van der Waals surface area contributed by atoms with E-state index in [2.05, 4.69) is 6.92 Å². The highest BCUT2D eigenvalue weighted by Crippen LogP contribution is 2.27. The molecule has 72 valence electrons. The summed E-state index contributed by atoms with van der Waals surface area (Å²) in [5.74, 6) is 0.0125. The van der Waals surface area contributed by atoms with E-state index in [1.165, 1.54) is 0 Å². The Balaban J connectivity index is 2.37. The molecule has 1 amide bonds. The fourth-order valence-corrected chi connectivity index (χ4v) is 1.39. The van der Waals surface area contributed by atoms with Gasteiger partial charge in [0.1, 0.15) is 6.42 Å². The molecule has 0 N–H and O–H groups in total. The van der Waals surface area contributed by atoms with Gasteiger partial charge in [-0.05, 0) is 19.3 Å². The highest BCUT2D eigenvalue weighted by Gasteiger charge is 2.31. The van der Waals surface area contributed by atoms with E-state index in [0.717, 1.165) is 32.2 Å². The number of hydrogen-bond acceptors (Lipinski definition) is 2. The first-order chi connectivity index (χ1) is 6.29. The summed E-state index contributed by atoms with van der Waals surface area (Å²) in [5, 5.41) is 8.42. The minimum Gasteiger partial charge on any atom is -0.339 e. The molecule has 0 aliphatic heterocycles. The Bertz CT molecular complexity index is 215. The second-order valence-corrected chi connectivity index (χ2v) is 3.51. The molecule has 3 nitrogen and oxygen atoms in total. The Morgan fingerprint density at radius 2 is 2.31 bits per heavy atom. The lowest BCUT2D eigenvalue weighted by Gasteiger charge is -2.20. The van der Waals surface area contributed by atoms with Crippen LogP contribution < -0.4 is 0 Å². The zero-order valence-electron chi connectivity index (χ0n) is 8.12. The van der Waals surface area contributed by atoms with E-state index >= 15 is 0 Å². The number of nitrogens with zero attached hydrogens (tertiary/aromatic N) is 2. The second-order valence-electron chi connectivity index (χ2n) is 3.51. The lowest BCUT2D eigenvalue weighted by atomic mass is 10.3. The Kier molecular flexibility index (Phi) is 3.75. The molecule has 0 saturated heterocycles. The van der Waals surface area contributed by atoms with Crippen LogP contribution in [0.2, 0.25) is 0 Å². The maximum absolute atomic E-state index is 11.4. The highest BCUT2D eigenvalue weighted by atomic mass is 16.2. The van der Waals surface area contributed by atoms with E-state index in [-0.39, 0.29) is 12.3 Å². The lowest BCUT2D eigenvalue weighted by Crippen LogP contribution is -2.33. The second kappa shape index (κ2) is 4.86. The molecule has 0 aromatic rings. The van der Waals surface area contributed by atoms with Crippen LogP contribution in [0.4, 0.5) is 0 Å². The standard InChI is InChI=1S/C10H16N2O/c1-2-3-8-12(9-4-5-9)10(13)6-7-11/h9H,2-6,8H2,1H3. The number of rotatable bonds is 5. The Labute approximate surface area is 79.3 Å². The van der Waals surface area contributed by atoms with Crippen LogP contribution in [0.3, 0.4) is 0 Å². The molecule has 0 heterocycles. The molecule has 0 bridgehead atoms. The van der Waals surface area contributed by atoms with Gasteiger partial charge in [-0.2, -0.15) is 5.26 Å². The van der Waals surface area contributed by atoms with E-state index in [4.69, 9.17) is 5.26 Å². The predicted octanol–water partition coefficient (Wildman–Crippen LogP) is 1.69. The molecule has 3 heteroatoms. The topological polar surface area (TPSA) is 44.1 Å². The quantitative estimate of drug-likeness (QED) is 0.646. The third-order valence-electron chi connectivity index (χ3n) is 2.29. The van der Waals surface area contributed by atoms with Crippen molar-refractivity contribution in [1.29, 1.82) is 5.26 Å². The van der Waals surface area contributed by atoms with Gasteiger partial charge >= 0.3 is 0 Å². The third kappa shape index (κ3) is 3.06. The van der Waals surface area contributed by atoms with E-state index < -0.39 is 0 Å². The van der Waals surface area contributed by atoms with Crippen molar-refractivity contribution in [3.63, 3.8) is 0 Å². The minimum absolute atomic E-state index is 0.0125. The van der Waals surface area contributed by atoms with Crippen LogP contribution >= 0.6 is 0 Å². The first kappa shape index (κ1) is 10.0. The van der Waals surface area contributed by atoms with Gasteiger partial charge in [0.25, 0.3) is 0 Å². The summed E-state index contributed by atoms with van der Waals surface area (Å²) in [6.45, 7) is 2.95. The molecule has 13 heavy (non-hydrogen) atoms. The van der Waals surface area contributed by atoms with Gasteiger partial charge < -0.3 is 4.90 Å². The smallest absolute Gasteiger partial charge is 0.237 e. The number of hydrogen-bond donors (Lipinski definition) is 0. The Hall–Kier alpha value is -1.04. The highest BCUT2D eigenvalue weighted by molar-refractivity contribution is 5.78. The summed E-state index contributed by atoms with van der Waals surface area (Å²) in [6, 6.07) is 2.37. The molecular formula is C10H16N2O. The van der Waals surface area contributed by atoms with Crippen molar-refractivity contribution in [2.24, 2.45) is 0 Å². The number of carbonyl (C=O) groups is 1. The van der Waals surface area contributed by atoms with E-state index in [1.807, 2.05) is 11.0 Å². The molecule has 0 spiro atoms. The molecule has 0 atom stereocenters. The van der Waals surface area contributed by atoms with Crippen LogP contribution in [0.1, 0.15) is 39.0 Å². The van der Waals surface area contributed by atoms with Crippen LogP contribution in [0.5, 0.6) is 0 Å². The van der Waals surface area contributed by atoms with Crippen molar-refractivity contribution in [2.75, 3.05) is 6.54 Å². The van der Waals surface area contributed by atoms with Gasteiger partial charge in [-0.3, -0.25) is 4.79 Å². The van der Waals surface area contributed by atoms with Gasteiger partial charge in [-0.15, -0.1) is 0 Å². The van der Waals surface area contributed by atoms with Crippen LogP contribution in [0, 0.1) is 11.3 Å². The van der Waals surface area contributed by atoms with E-state index in [0.29, 0.717) is 6.04 Å². The Morgan fingerprint density at radius 3 is 2.77 bits per heavy atom. The molecule has 0 radical (unpaired) electrons. The zero-order chi connectivity index (χ0) is 9.68. The SMILES string of the molecule is CCCCN(C(=O)CC#N)C1CC1. The van der Waals surface area contributed by atoms with Gasteiger partial charge in [0.2, 0.25) is 5.91 Å². The fraction of sp³-hybridized carbons (Fsp3) is 0.800. The summed E-state index contributed by atoms with van der Waals surface area (Å²) < 4.78 is 0. The normalized spacial score (nSPS) is 15.1. The first-order valence-electron chi connectivity index (χ1n) is 4.96. The molecule has 1 aliphatic rings. The molecular weight excluding hydrogens is 164 g/mol. The summed E-state index contributed by atoms with van der Waals surface area (Å²) in [5.41, 5.74) is 0. The van der Waals surface area contributed by atoms with Gasteiger partial charge in [-0.1, -0.05) is 13.3 Å².